The molecule has 3 aromatic rings. The molecule has 1 aromatic heterocycles. The van der Waals surface area contributed by atoms with Crippen molar-refractivity contribution in [3.8, 4) is 29.1 Å². The van der Waals surface area contributed by atoms with Crippen LogP contribution < -0.4 is 14.2 Å². The molecular weight excluding hydrogens is 314 g/mol. The summed E-state index contributed by atoms with van der Waals surface area (Å²) in [5, 5.41) is 1.04. The van der Waals surface area contributed by atoms with E-state index in [0.717, 1.165) is 27.7 Å². The quantitative estimate of drug-likeness (QED) is 0.680. The zero-order chi connectivity index (χ0) is 17.8. The summed E-state index contributed by atoms with van der Waals surface area (Å²) in [4.78, 5) is 4.54. The van der Waals surface area contributed by atoms with Gasteiger partial charge in [-0.25, -0.2) is 0 Å². The maximum Gasteiger partial charge on any atom is 0.203 e. The van der Waals surface area contributed by atoms with Gasteiger partial charge in [-0.3, -0.25) is 4.98 Å². The fourth-order valence-corrected chi connectivity index (χ4v) is 2.70. The number of ether oxygens (including phenoxy) is 3. The second kappa shape index (κ2) is 7.14. The number of para-hydroxylation sites is 1. The Labute approximate surface area is 147 Å². The smallest absolute Gasteiger partial charge is 0.203 e. The lowest BCUT2D eigenvalue weighted by atomic mass is 10.1. The summed E-state index contributed by atoms with van der Waals surface area (Å²) in [7, 11) is 4.76. The predicted molar refractivity (Wildman–Crippen MR) is 98.6 cm³/mol. The third-order valence-electron chi connectivity index (χ3n) is 3.85. The lowest BCUT2D eigenvalue weighted by molar-refractivity contribution is 0.324. The standard InChI is InChI=1S/C21H19NO3/c1-14-11-16(17-7-5-6-8-18(17)22-14)10-9-15-12-19(23-2)21(25-4)20(13-15)24-3/h5-8,11-13H,1-4H3. The number of fused-ring (bicyclic) bond motifs is 1. The Morgan fingerprint density at radius 1 is 0.840 bits per heavy atom. The van der Waals surface area contributed by atoms with Crippen LogP contribution in [0.4, 0.5) is 0 Å². The molecule has 0 fully saturated rings. The third kappa shape index (κ3) is 3.36. The summed E-state index contributed by atoms with van der Waals surface area (Å²) in [5.41, 5.74) is 3.61. The number of benzene rings is 2. The molecule has 0 atom stereocenters. The van der Waals surface area contributed by atoms with E-state index in [1.54, 1.807) is 21.3 Å². The number of hydrogen-bond acceptors (Lipinski definition) is 4. The highest BCUT2D eigenvalue weighted by Gasteiger charge is 2.12. The van der Waals surface area contributed by atoms with Crippen molar-refractivity contribution in [2.75, 3.05) is 21.3 Å². The van der Waals surface area contributed by atoms with Crippen LogP contribution in [0, 0.1) is 18.8 Å². The van der Waals surface area contributed by atoms with E-state index < -0.39 is 0 Å². The average molecular weight is 333 g/mol. The number of aryl methyl sites for hydroxylation is 1. The first-order chi connectivity index (χ1) is 12.2. The summed E-state index contributed by atoms with van der Waals surface area (Å²) in [5.74, 6) is 8.16. The molecule has 126 valence electrons. The van der Waals surface area contributed by atoms with Gasteiger partial charge in [0.15, 0.2) is 11.5 Å². The molecule has 4 heteroatoms. The molecule has 1 heterocycles. The Morgan fingerprint density at radius 3 is 2.16 bits per heavy atom. The summed E-state index contributed by atoms with van der Waals surface area (Å²) in [6.07, 6.45) is 0. The fourth-order valence-electron chi connectivity index (χ4n) is 2.70. The second-order valence-corrected chi connectivity index (χ2v) is 5.49. The zero-order valence-electron chi connectivity index (χ0n) is 14.7. The molecule has 0 aliphatic heterocycles. The van der Waals surface area contributed by atoms with Gasteiger partial charge in [-0.15, -0.1) is 0 Å². The minimum atomic E-state index is 0.556. The molecule has 0 spiro atoms. The summed E-state index contributed by atoms with van der Waals surface area (Å²) in [6.45, 7) is 1.97. The van der Waals surface area contributed by atoms with Crippen LogP contribution in [0.1, 0.15) is 16.8 Å². The van der Waals surface area contributed by atoms with Crippen LogP contribution in [-0.4, -0.2) is 26.3 Å². The van der Waals surface area contributed by atoms with Crippen molar-refractivity contribution in [3.63, 3.8) is 0 Å². The van der Waals surface area contributed by atoms with Gasteiger partial charge in [-0.2, -0.15) is 0 Å². The van der Waals surface area contributed by atoms with Gasteiger partial charge in [0.2, 0.25) is 5.75 Å². The Morgan fingerprint density at radius 2 is 1.52 bits per heavy atom. The van der Waals surface area contributed by atoms with Gasteiger partial charge in [0, 0.05) is 22.2 Å². The van der Waals surface area contributed by atoms with Crippen molar-refractivity contribution in [3.05, 3.63) is 59.3 Å². The SMILES string of the molecule is COc1cc(C#Cc2cc(C)nc3ccccc23)cc(OC)c1OC. The molecular formula is C21H19NO3. The van der Waals surface area contributed by atoms with E-state index in [-0.39, 0.29) is 0 Å². The minimum absolute atomic E-state index is 0.556. The van der Waals surface area contributed by atoms with E-state index >= 15 is 0 Å². The van der Waals surface area contributed by atoms with E-state index in [1.165, 1.54) is 0 Å². The first kappa shape index (κ1) is 16.7. The Bertz CT molecular complexity index is 958. The molecule has 0 aliphatic rings. The van der Waals surface area contributed by atoms with Crippen LogP contribution >= 0.6 is 0 Å². The zero-order valence-corrected chi connectivity index (χ0v) is 14.7. The Kier molecular flexibility index (Phi) is 4.76. The first-order valence-corrected chi connectivity index (χ1v) is 7.84. The van der Waals surface area contributed by atoms with Crippen LogP contribution in [0.2, 0.25) is 0 Å². The Hall–Kier alpha value is -3.19. The van der Waals surface area contributed by atoms with Gasteiger partial charge in [0.05, 0.1) is 26.8 Å². The number of hydrogen-bond donors (Lipinski definition) is 0. The normalized spacial score (nSPS) is 10.1. The minimum Gasteiger partial charge on any atom is -0.493 e. The van der Waals surface area contributed by atoms with Crippen molar-refractivity contribution in [2.24, 2.45) is 0 Å². The molecule has 0 radical (unpaired) electrons. The number of nitrogens with zero attached hydrogens (tertiary/aromatic N) is 1. The van der Waals surface area contributed by atoms with Crippen molar-refractivity contribution in [1.29, 1.82) is 0 Å². The van der Waals surface area contributed by atoms with Crippen LogP contribution in [0.5, 0.6) is 17.2 Å². The van der Waals surface area contributed by atoms with Crippen molar-refractivity contribution >= 4 is 10.9 Å². The molecule has 25 heavy (non-hydrogen) atoms. The number of aromatic nitrogens is 1. The third-order valence-corrected chi connectivity index (χ3v) is 3.85. The maximum atomic E-state index is 5.38. The van der Waals surface area contributed by atoms with Gasteiger partial charge < -0.3 is 14.2 Å². The number of pyridine rings is 1. The molecule has 2 aromatic carbocycles. The highest BCUT2D eigenvalue weighted by molar-refractivity contribution is 5.85. The molecule has 0 unspecified atom stereocenters. The monoisotopic (exact) mass is 333 g/mol. The van der Waals surface area contributed by atoms with Gasteiger partial charge in [0.25, 0.3) is 0 Å². The molecule has 0 aliphatic carbocycles. The lowest BCUT2D eigenvalue weighted by Crippen LogP contribution is -1.95. The first-order valence-electron chi connectivity index (χ1n) is 7.84. The fraction of sp³-hybridized carbons (Fsp3) is 0.190. The van der Waals surface area contributed by atoms with E-state index in [2.05, 4.69) is 16.8 Å². The highest BCUT2D eigenvalue weighted by atomic mass is 16.5. The molecule has 3 rings (SSSR count). The molecule has 0 amide bonds. The van der Waals surface area contributed by atoms with E-state index in [0.29, 0.717) is 17.2 Å². The van der Waals surface area contributed by atoms with Crippen LogP contribution in [-0.2, 0) is 0 Å². The van der Waals surface area contributed by atoms with Gasteiger partial charge in [-0.05, 0) is 31.2 Å². The molecule has 0 bridgehead atoms. The summed E-state index contributed by atoms with van der Waals surface area (Å²) < 4.78 is 16.1. The van der Waals surface area contributed by atoms with Crippen molar-refractivity contribution in [2.45, 2.75) is 6.92 Å². The predicted octanol–water partition coefficient (Wildman–Crippen LogP) is 3.97. The van der Waals surface area contributed by atoms with Crippen LogP contribution in [0.25, 0.3) is 10.9 Å². The summed E-state index contributed by atoms with van der Waals surface area (Å²) in [6, 6.07) is 13.7. The number of rotatable bonds is 3. The van der Waals surface area contributed by atoms with Crippen molar-refractivity contribution < 1.29 is 14.2 Å². The maximum absolute atomic E-state index is 5.38. The van der Waals surface area contributed by atoms with Gasteiger partial charge in [-0.1, -0.05) is 30.0 Å². The highest BCUT2D eigenvalue weighted by Crippen LogP contribution is 2.37. The lowest BCUT2D eigenvalue weighted by Gasteiger charge is -2.12. The van der Waals surface area contributed by atoms with E-state index in [1.807, 2.05) is 49.4 Å². The van der Waals surface area contributed by atoms with E-state index in [9.17, 15) is 0 Å². The van der Waals surface area contributed by atoms with Crippen molar-refractivity contribution in [1.82, 2.24) is 4.98 Å². The molecule has 4 nitrogen and oxygen atoms in total. The van der Waals surface area contributed by atoms with Crippen LogP contribution in [0.3, 0.4) is 0 Å². The molecule has 0 saturated carbocycles. The van der Waals surface area contributed by atoms with E-state index in [4.69, 9.17) is 14.2 Å². The topological polar surface area (TPSA) is 40.6 Å². The Balaban J connectivity index is 2.11. The van der Waals surface area contributed by atoms with Gasteiger partial charge >= 0.3 is 0 Å². The molecule has 0 N–H and O–H groups in total. The number of methoxy groups -OCH3 is 3. The van der Waals surface area contributed by atoms with Gasteiger partial charge in [0.1, 0.15) is 0 Å². The second-order valence-electron chi connectivity index (χ2n) is 5.49. The molecule has 0 saturated heterocycles. The summed E-state index contributed by atoms with van der Waals surface area (Å²) >= 11 is 0. The van der Waals surface area contributed by atoms with Crippen LogP contribution in [0.15, 0.2) is 42.5 Å². The average Bonchev–Trinajstić information content (AvgIpc) is 2.64. The largest absolute Gasteiger partial charge is 0.493 e.